The lowest BCUT2D eigenvalue weighted by atomic mass is 10.2. The van der Waals surface area contributed by atoms with Crippen molar-refractivity contribution < 1.29 is 32.5 Å². The molecule has 0 saturated heterocycles. The number of rotatable bonds is 8. The second-order valence-electron chi connectivity index (χ2n) is 6.08. The molecular formula is C21H19NO7S. The molecule has 0 heterocycles. The van der Waals surface area contributed by atoms with Gasteiger partial charge in [-0.15, -0.1) is 0 Å². The van der Waals surface area contributed by atoms with Crippen molar-refractivity contribution in [2.45, 2.75) is 4.90 Å². The molecule has 3 rings (SSSR count). The van der Waals surface area contributed by atoms with Gasteiger partial charge in [0.1, 0.15) is 11.5 Å². The molecule has 30 heavy (non-hydrogen) atoms. The molecule has 2 N–H and O–H groups in total. The summed E-state index contributed by atoms with van der Waals surface area (Å²) in [5.41, 5.74) is 0.0937. The van der Waals surface area contributed by atoms with Crippen molar-refractivity contribution in [3.05, 3.63) is 72.3 Å². The third kappa shape index (κ3) is 4.81. The third-order valence-electron chi connectivity index (χ3n) is 4.09. The number of methoxy groups -OCH3 is 2. The van der Waals surface area contributed by atoms with Crippen molar-refractivity contribution in [3.8, 4) is 23.0 Å². The van der Waals surface area contributed by atoms with E-state index in [1.54, 1.807) is 37.4 Å². The Morgan fingerprint density at radius 3 is 2.20 bits per heavy atom. The summed E-state index contributed by atoms with van der Waals surface area (Å²) >= 11 is 0. The molecule has 0 radical (unpaired) electrons. The summed E-state index contributed by atoms with van der Waals surface area (Å²) in [6.07, 6.45) is 0. The fourth-order valence-corrected chi connectivity index (χ4v) is 3.70. The maximum Gasteiger partial charge on any atom is 0.335 e. The van der Waals surface area contributed by atoms with Crippen molar-refractivity contribution in [2.24, 2.45) is 0 Å². The van der Waals surface area contributed by atoms with Gasteiger partial charge in [0.25, 0.3) is 10.0 Å². The number of sulfonamides is 1. The number of hydrogen-bond acceptors (Lipinski definition) is 6. The lowest BCUT2D eigenvalue weighted by Crippen LogP contribution is -2.13. The van der Waals surface area contributed by atoms with Crippen LogP contribution in [0.1, 0.15) is 10.4 Å². The molecule has 0 spiro atoms. The van der Waals surface area contributed by atoms with Crippen LogP contribution in [0.2, 0.25) is 0 Å². The first-order chi connectivity index (χ1) is 14.3. The van der Waals surface area contributed by atoms with E-state index in [1.807, 2.05) is 0 Å². The smallest absolute Gasteiger partial charge is 0.335 e. The van der Waals surface area contributed by atoms with E-state index in [0.717, 1.165) is 6.07 Å². The van der Waals surface area contributed by atoms with Gasteiger partial charge in [0.2, 0.25) is 0 Å². The molecular weight excluding hydrogens is 410 g/mol. The standard InChI is InChI=1S/C21H19NO7S/c1-27-16-7-9-17(10-8-16)29-20-13-15(6-11-19(20)28-2)22-30(25,26)18-5-3-4-14(12-18)21(23)24/h3-13,22H,1-2H3,(H,23,24). The minimum absolute atomic E-state index is 0.129. The van der Waals surface area contributed by atoms with Crippen LogP contribution in [0.15, 0.2) is 71.6 Å². The number of carboxylic acids is 1. The van der Waals surface area contributed by atoms with E-state index in [4.69, 9.17) is 19.3 Å². The number of hydrogen-bond donors (Lipinski definition) is 2. The monoisotopic (exact) mass is 429 g/mol. The number of nitrogens with one attached hydrogen (secondary N) is 1. The summed E-state index contributed by atoms with van der Waals surface area (Å²) < 4.78 is 44.0. The summed E-state index contributed by atoms with van der Waals surface area (Å²) in [6.45, 7) is 0. The van der Waals surface area contributed by atoms with E-state index in [2.05, 4.69) is 4.72 Å². The fraction of sp³-hybridized carbons (Fsp3) is 0.0952. The summed E-state index contributed by atoms with van der Waals surface area (Å²) in [6, 6.07) is 16.5. The van der Waals surface area contributed by atoms with Crippen molar-refractivity contribution in [2.75, 3.05) is 18.9 Å². The lowest BCUT2D eigenvalue weighted by molar-refractivity contribution is 0.0696. The van der Waals surface area contributed by atoms with Crippen LogP contribution in [0.25, 0.3) is 0 Å². The first kappa shape index (κ1) is 21.0. The maximum absolute atomic E-state index is 12.7. The molecule has 0 aliphatic rings. The van der Waals surface area contributed by atoms with Crippen molar-refractivity contribution in [1.29, 1.82) is 0 Å². The molecule has 0 unspecified atom stereocenters. The van der Waals surface area contributed by atoms with Crippen molar-refractivity contribution in [1.82, 2.24) is 0 Å². The number of aromatic carboxylic acids is 1. The van der Waals surface area contributed by atoms with Gasteiger partial charge < -0.3 is 19.3 Å². The van der Waals surface area contributed by atoms with E-state index in [-0.39, 0.29) is 16.1 Å². The van der Waals surface area contributed by atoms with Gasteiger partial charge in [-0.2, -0.15) is 0 Å². The van der Waals surface area contributed by atoms with Crippen molar-refractivity contribution in [3.63, 3.8) is 0 Å². The number of carbonyl (C=O) groups is 1. The van der Waals surface area contributed by atoms with E-state index in [1.165, 1.54) is 37.4 Å². The fourth-order valence-electron chi connectivity index (χ4n) is 2.60. The Kier molecular flexibility index (Phi) is 6.12. The molecule has 0 aliphatic carbocycles. The van der Waals surface area contributed by atoms with E-state index in [9.17, 15) is 13.2 Å². The highest BCUT2D eigenvalue weighted by Crippen LogP contribution is 2.35. The number of anilines is 1. The zero-order chi connectivity index (χ0) is 21.7. The molecule has 3 aromatic carbocycles. The first-order valence-corrected chi connectivity index (χ1v) is 10.2. The van der Waals surface area contributed by atoms with Gasteiger partial charge in [-0.1, -0.05) is 6.07 Å². The van der Waals surface area contributed by atoms with Gasteiger partial charge in [0, 0.05) is 6.07 Å². The van der Waals surface area contributed by atoms with Gasteiger partial charge in [-0.3, -0.25) is 4.72 Å². The van der Waals surface area contributed by atoms with Crippen LogP contribution in [0.4, 0.5) is 5.69 Å². The molecule has 0 bridgehead atoms. The number of benzene rings is 3. The predicted molar refractivity (Wildman–Crippen MR) is 110 cm³/mol. The SMILES string of the molecule is COc1ccc(Oc2cc(NS(=O)(=O)c3cccc(C(=O)O)c3)ccc2OC)cc1. The molecule has 3 aromatic rings. The summed E-state index contributed by atoms with van der Waals surface area (Å²) in [5.74, 6) is 0.651. The van der Waals surface area contributed by atoms with Gasteiger partial charge in [0.05, 0.1) is 30.4 Å². The minimum Gasteiger partial charge on any atom is -0.497 e. The third-order valence-corrected chi connectivity index (χ3v) is 5.47. The van der Waals surface area contributed by atoms with Crippen LogP contribution >= 0.6 is 0 Å². The Balaban J connectivity index is 1.88. The van der Waals surface area contributed by atoms with E-state index >= 15 is 0 Å². The minimum atomic E-state index is -4.01. The topological polar surface area (TPSA) is 111 Å². The highest BCUT2D eigenvalue weighted by atomic mass is 32.2. The highest BCUT2D eigenvalue weighted by Gasteiger charge is 2.18. The Hall–Kier alpha value is -3.72. The highest BCUT2D eigenvalue weighted by molar-refractivity contribution is 7.92. The molecule has 0 amide bonds. The second kappa shape index (κ2) is 8.75. The largest absolute Gasteiger partial charge is 0.497 e. The number of ether oxygens (including phenoxy) is 3. The predicted octanol–water partition coefficient (Wildman–Crippen LogP) is 4.00. The average molecular weight is 429 g/mol. The second-order valence-corrected chi connectivity index (χ2v) is 7.76. The first-order valence-electron chi connectivity index (χ1n) is 8.68. The van der Waals surface area contributed by atoms with Crippen LogP contribution in [0.5, 0.6) is 23.0 Å². The number of carboxylic acid groups (broad SMARTS) is 1. The lowest BCUT2D eigenvalue weighted by Gasteiger charge is -2.14. The molecule has 0 fully saturated rings. The molecule has 0 saturated carbocycles. The van der Waals surface area contributed by atoms with E-state index in [0.29, 0.717) is 23.0 Å². The summed E-state index contributed by atoms with van der Waals surface area (Å²) in [4.78, 5) is 10.9. The summed E-state index contributed by atoms with van der Waals surface area (Å²) in [7, 11) is -0.988. The Bertz CT molecular complexity index is 1160. The van der Waals surface area contributed by atoms with E-state index < -0.39 is 16.0 Å². The van der Waals surface area contributed by atoms with Gasteiger partial charge >= 0.3 is 5.97 Å². The summed E-state index contributed by atoms with van der Waals surface area (Å²) in [5, 5.41) is 9.08. The Labute approximate surface area is 173 Å². The Morgan fingerprint density at radius 1 is 0.867 bits per heavy atom. The molecule has 0 aliphatic heterocycles. The van der Waals surface area contributed by atoms with Crippen LogP contribution < -0.4 is 18.9 Å². The van der Waals surface area contributed by atoms with Gasteiger partial charge in [-0.25, -0.2) is 13.2 Å². The van der Waals surface area contributed by atoms with Crippen LogP contribution in [0.3, 0.4) is 0 Å². The van der Waals surface area contributed by atoms with Crippen LogP contribution in [-0.4, -0.2) is 33.7 Å². The zero-order valence-corrected chi connectivity index (χ0v) is 17.0. The van der Waals surface area contributed by atoms with Crippen LogP contribution in [-0.2, 0) is 10.0 Å². The van der Waals surface area contributed by atoms with Gasteiger partial charge in [-0.05, 0) is 54.6 Å². The molecule has 156 valence electrons. The maximum atomic E-state index is 12.7. The molecule has 9 heteroatoms. The molecule has 0 aromatic heterocycles. The van der Waals surface area contributed by atoms with Gasteiger partial charge in [0.15, 0.2) is 11.5 Å². The average Bonchev–Trinajstić information content (AvgIpc) is 2.74. The normalized spacial score (nSPS) is 10.9. The Morgan fingerprint density at radius 2 is 1.57 bits per heavy atom. The zero-order valence-electron chi connectivity index (χ0n) is 16.2. The quantitative estimate of drug-likeness (QED) is 0.557. The van der Waals surface area contributed by atoms with Crippen molar-refractivity contribution >= 4 is 21.7 Å². The van der Waals surface area contributed by atoms with Crippen LogP contribution in [0, 0.1) is 0 Å². The molecule has 0 atom stereocenters. The molecule has 8 nitrogen and oxygen atoms in total.